The van der Waals surface area contributed by atoms with E-state index in [1.165, 1.54) is 5.57 Å². The van der Waals surface area contributed by atoms with Crippen LogP contribution in [0.5, 0.6) is 0 Å². The van der Waals surface area contributed by atoms with Gasteiger partial charge in [0.1, 0.15) is 6.61 Å². The standard InChI is InChI=1S/C38H51ClO4/c1-33(2)25(31(39)41)13-15-36(5)29(33)14-16-38(7)30(36)28(40)21-26-27-22-35(4,18-17-34(27,3)19-20-37(26,38)6)32(42)43-23-24-11-9-8-10-12-24/h8-12,21,25,27,29-30H,13-20,22-23H2,1-7H3/t25-,27?,29?,30-,34-,35+,36+,37-,38-/m1/s1. The maximum Gasteiger partial charge on any atom is 0.312 e. The summed E-state index contributed by atoms with van der Waals surface area (Å²) in [6.07, 6.45) is 10.4. The van der Waals surface area contributed by atoms with Gasteiger partial charge in [-0.2, -0.15) is 0 Å². The summed E-state index contributed by atoms with van der Waals surface area (Å²) in [7, 11) is 0. The van der Waals surface area contributed by atoms with Gasteiger partial charge in [-0.3, -0.25) is 14.4 Å². The molecule has 0 heterocycles. The molecule has 4 nitrogen and oxygen atoms in total. The van der Waals surface area contributed by atoms with Crippen LogP contribution in [0.4, 0.5) is 0 Å². The Labute approximate surface area is 263 Å². The molecular weight excluding hydrogens is 556 g/mol. The number of allylic oxidation sites excluding steroid dienone is 2. The summed E-state index contributed by atoms with van der Waals surface area (Å²) < 4.78 is 5.93. The van der Waals surface area contributed by atoms with E-state index >= 15 is 0 Å². The van der Waals surface area contributed by atoms with E-state index in [0.29, 0.717) is 6.61 Å². The quantitative estimate of drug-likeness (QED) is 0.253. The SMILES string of the molecule is CC1(C)C2CC[C@]3(C)[C@H](C(=O)C=C4C5C[C@@](C)(C(=O)OCc6ccccc6)CC[C@]5(C)CC[C@]43C)[C@@]2(C)CC[C@@H]1C(=O)Cl. The Kier molecular flexibility index (Phi) is 7.25. The van der Waals surface area contributed by atoms with Crippen molar-refractivity contribution in [3.8, 4) is 0 Å². The van der Waals surface area contributed by atoms with Gasteiger partial charge in [-0.15, -0.1) is 0 Å². The molecule has 1 aromatic carbocycles. The maximum atomic E-state index is 14.6. The van der Waals surface area contributed by atoms with E-state index in [-0.39, 0.29) is 67.7 Å². The molecule has 0 amide bonds. The predicted octanol–water partition coefficient (Wildman–Crippen LogP) is 9.09. The topological polar surface area (TPSA) is 60.4 Å². The van der Waals surface area contributed by atoms with E-state index in [4.69, 9.17) is 16.3 Å². The van der Waals surface area contributed by atoms with Gasteiger partial charge in [0.2, 0.25) is 5.24 Å². The molecule has 1 aromatic rings. The lowest BCUT2D eigenvalue weighted by molar-refractivity contribution is -0.193. The van der Waals surface area contributed by atoms with Gasteiger partial charge >= 0.3 is 5.97 Å². The van der Waals surface area contributed by atoms with Crippen molar-refractivity contribution >= 4 is 28.6 Å². The molecule has 0 saturated heterocycles. The highest BCUT2D eigenvalue weighted by Crippen LogP contribution is 2.75. The fourth-order valence-electron chi connectivity index (χ4n) is 11.7. The molecule has 9 atom stereocenters. The van der Waals surface area contributed by atoms with Crippen LogP contribution in [0.3, 0.4) is 0 Å². The molecule has 0 spiro atoms. The zero-order valence-corrected chi connectivity index (χ0v) is 28.1. The minimum Gasteiger partial charge on any atom is -0.460 e. The number of ether oxygens (including phenoxy) is 1. The maximum absolute atomic E-state index is 14.6. The van der Waals surface area contributed by atoms with E-state index in [2.05, 4.69) is 54.5 Å². The zero-order valence-electron chi connectivity index (χ0n) is 27.4. The van der Waals surface area contributed by atoms with Gasteiger partial charge in [-0.05, 0) is 127 Å². The molecule has 2 unspecified atom stereocenters. The molecule has 6 rings (SSSR count). The number of ketones is 1. The lowest BCUT2D eigenvalue weighted by atomic mass is 9.33. The monoisotopic (exact) mass is 606 g/mol. The molecule has 0 bridgehead atoms. The summed E-state index contributed by atoms with van der Waals surface area (Å²) in [5.74, 6) is 0.383. The number of carbonyl (C=O) groups excluding carboxylic acids is 3. The molecule has 5 heteroatoms. The van der Waals surface area contributed by atoms with Crippen molar-refractivity contribution in [2.24, 2.45) is 56.2 Å². The smallest absolute Gasteiger partial charge is 0.312 e. The van der Waals surface area contributed by atoms with Crippen molar-refractivity contribution in [1.29, 1.82) is 0 Å². The van der Waals surface area contributed by atoms with Crippen molar-refractivity contribution in [3.05, 3.63) is 47.5 Å². The van der Waals surface area contributed by atoms with Crippen LogP contribution >= 0.6 is 11.6 Å². The summed E-state index contributed by atoms with van der Waals surface area (Å²) in [4.78, 5) is 40.7. The highest BCUT2D eigenvalue weighted by Gasteiger charge is 2.70. The number of halogens is 1. The Morgan fingerprint density at radius 3 is 2.23 bits per heavy atom. The minimum atomic E-state index is -0.570. The van der Waals surface area contributed by atoms with Gasteiger partial charge < -0.3 is 4.74 Å². The van der Waals surface area contributed by atoms with E-state index < -0.39 is 5.41 Å². The molecule has 4 saturated carbocycles. The number of carbonyl (C=O) groups is 3. The van der Waals surface area contributed by atoms with Crippen molar-refractivity contribution in [2.75, 3.05) is 0 Å². The summed E-state index contributed by atoms with van der Waals surface area (Å²) in [5.41, 5.74) is 1.11. The Balaban J connectivity index is 1.33. The zero-order chi connectivity index (χ0) is 31.2. The van der Waals surface area contributed by atoms with E-state index in [1.54, 1.807) is 0 Å². The molecule has 5 aliphatic rings. The summed E-state index contributed by atoms with van der Waals surface area (Å²) in [6, 6.07) is 9.90. The fourth-order valence-corrected chi connectivity index (χ4v) is 12.1. The number of benzene rings is 1. The van der Waals surface area contributed by atoms with Crippen molar-refractivity contribution < 1.29 is 19.1 Å². The highest BCUT2D eigenvalue weighted by molar-refractivity contribution is 6.64. The van der Waals surface area contributed by atoms with Crippen LogP contribution in [-0.4, -0.2) is 17.0 Å². The lowest BCUT2D eigenvalue weighted by Gasteiger charge is -2.70. The summed E-state index contributed by atoms with van der Waals surface area (Å²) in [6.45, 7) is 16.4. The molecule has 4 fully saturated rings. The van der Waals surface area contributed by atoms with Crippen LogP contribution < -0.4 is 0 Å². The summed E-state index contributed by atoms with van der Waals surface area (Å²) >= 11 is 6.15. The van der Waals surface area contributed by atoms with Crippen molar-refractivity contribution in [3.63, 3.8) is 0 Å². The molecule has 0 radical (unpaired) electrons. The largest absolute Gasteiger partial charge is 0.460 e. The third kappa shape index (κ3) is 4.38. The molecule has 5 aliphatic carbocycles. The van der Waals surface area contributed by atoms with Crippen LogP contribution in [0.15, 0.2) is 42.0 Å². The normalized spacial score (nSPS) is 45.0. The third-order valence-corrected chi connectivity index (χ3v) is 14.9. The van der Waals surface area contributed by atoms with Gasteiger partial charge in [0.05, 0.1) is 5.41 Å². The van der Waals surface area contributed by atoms with Crippen LogP contribution in [-0.2, 0) is 25.7 Å². The minimum absolute atomic E-state index is 0.0756. The molecule has 43 heavy (non-hydrogen) atoms. The predicted molar refractivity (Wildman–Crippen MR) is 170 cm³/mol. The van der Waals surface area contributed by atoms with Crippen molar-refractivity contribution in [1.82, 2.24) is 0 Å². The van der Waals surface area contributed by atoms with Crippen molar-refractivity contribution in [2.45, 2.75) is 113 Å². The molecule has 0 aromatic heterocycles. The third-order valence-electron chi connectivity index (χ3n) is 14.6. The average Bonchev–Trinajstić information content (AvgIpc) is 2.93. The fraction of sp³-hybridized carbons (Fsp3) is 0.711. The first kappa shape index (κ1) is 31.1. The van der Waals surface area contributed by atoms with Crippen LogP contribution in [0.2, 0.25) is 0 Å². The number of hydrogen-bond donors (Lipinski definition) is 0. The summed E-state index contributed by atoms with van der Waals surface area (Å²) in [5, 5.41) is -0.223. The van der Waals surface area contributed by atoms with Gasteiger partial charge in [0.25, 0.3) is 0 Å². The van der Waals surface area contributed by atoms with Crippen LogP contribution in [0.1, 0.15) is 112 Å². The Bertz CT molecular complexity index is 1360. The number of rotatable bonds is 4. The first-order valence-corrected chi connectivity index (χ1v) is 17.1. The molecule has 0 aliphatic heterocycles. The van der Waals surface area contributed by atoms with Gasteiger partial charge in [0, 0.05) is 11.8 Å². The van der Waals surface area contributed by atoms with Gasteiger partial charge in [0.15, 0.2) is 5.78 Å². The Hall–Kier alpha value is -1.94. The average molecular weight is 607 g/mol. The lowest BCUT2D eigenvalue weighted by Crippen LogP contribution is -2.66. The van der Waals surface area contributed by atoms with Crippen LogP contribution in [0, 0.1) is 56.2 Å². The van der Waals surface area contributed by atoms with Gasteiger partial charge in [-0.1, -0.05) is 77.4 Å². The van der Waals surface area contributed by atoms with E-state index in [0.717, 1.165) is 63.4 Å². The Morgan fingerprint density at radius 2 is 1.56 bits per heavy atom. The first-order valence-electron chi connectivity index (χ1n) is 16.7. The first-order chi connectivity index (χ1) is 20.0. The second-order valence-electron chi connectivity index (χ2n) is 17.0. The van der Waals surface area contributed by atoms with E-state index in [1.807, 2.05) is 30.3 Å². The molecular formula is C38H51ClO4. The second kappa shape index (κ2) is 10.0. The van der Waals surface area contributed by atoms with Crippen LogP contribution in [0.25, 0.3) is 0 Å². The van der Waals surface area contributed by atoms with Gasteiger partial charge in [-0.25, -0.2) is 0 Å². The molecule has 0 N–H and O–H groups in total. The number of hydrogen-bond acceptors (Lipinski definition) is 4. The Morgan fingerprint density at radius 1 is 0.884 bits per heavy atom. The number of esters is 1. The second-order valence-corrected chi connectivity index (χ2v) is 17.4. The van der Waals surface area contributed by atoms with E-state index in [9.17, 15) is 14.4 Å². The number of fused-ring (bicyclic) bond motifs is 7. The molecule has 234 valence electrons. The highest BCUT2D eigenvalue weighted by atomic mass is 35.5.